The van der Waals surface area contributed by atoms with Gasteiger partial charge in [-0.15, -0.1) is 11.3 Å². The van der Waals surface area contributed by atoms with Crippen molar-refractivity contribution in [1.82, 2.24) is 14.0 Å². The third-order valence-electron chi connectivity index (χ3n) is 5.07. The molecule has 2 aromatic heterocycles. The van der Waals surface area contributed by atoms with E-state index in [1.54, 1.807) is 29.5 Å². The number of rotatable bonds is 6. The molecule has 3 rings (SSSR count). The Hall–Kier alpha value is -2.67. The average molecular weight is 400 g/mol. The molecule has 0 atom stereocenters. The predicted octanol–water partition coefficient (Wildman–Crippen LogP) is 3.09. The number of fused-ring (bicyclic) bond motifs is 1. The third kappa shape index (κ3) is 3.67. The molecular weight excluding hydrogens is 374 g/mol. The number of aromatic nitrogens is 2. The quantitative estimate of drug-likeness (QED) is 0.640. The zero-order chi connectivity index (χ0) is 20.4. The first kappa shape index (κ1) is 20.1. The number of hydrogen-bond acceptors (Lipinski definition) is 4. The molecule has 0 aliphatic carbocycles. The topological polar surface area (TPSA) is 64.3 Å². The first-order chi connectivity index (χ1) is 13.3. The standard InChI is InChI=1S/C21H25N3O3S/c1-5-6-10-22(4)18(25)13-23-17-9-11-28-19(17)20(26)24(21(23)27)16-8-7-14(2)15(3)12-16/h7-9,11-12H,5-6,10,13H2,1-4H3. The molecule has 1 aromatic carbocycles. The molecule has 3 aromatic rings. The second kappa shape index (κ2) is 8.14. The van der Waals surface area contributed by atoms with Crippen LogP contribution in [0.15, 0.2) is 39.2 Å². The van der Waals surface area contributed by atoms with Gasteiger partial charge >= 0.3 is 5.69 Å². The van der Waals surface area contributed by atoms with E-state index < -0.39 is 5.69 Å². The van der Waals surface area contributed by atoms with Crippen LogP contribution in [0.5, 0.6) is 0 Å². The zero-order valence-corrected chi connectivity index (χ0v) is 17.5. The highest BCUT2D eigenvalue weighted by atomic mass is 32.1. The molecule has 0 unspecified atom stereocenters. The minimum Gasteiger partial charge on any atom is -0.344 e. The minimum atomic E-state index is -0.489. The number of amides is 1. The monoisotopic (exact) mass is 399 g/mol. The fraction of sp³-hybridized carbons (Fsp3) is 0.381. The molecule has 28 heavy (non-hydrogen) atoms. The van der Waals surface area contributed by atoms with Gasteiger partial charge in [0.05, 0.1) is 11.2 Å². The molecule has 0 aliphatic heterocycles. The van der Waals surface area contributed by atoms with Crippen molar-refractivity contribution in [1.29, 1.82) is 0 Å². The van der Waals surface area contributed by atoms with Gasteiger partial charge in [0.2, 0.25) is 5.91 Å². The Kier molecular flexibility index (Phi) is 5.84. The van der Waals surface area contributed by atoms with Crippen LogP contribution in [0.4, 0.5) is 0 Å². The maximum atomic E-state index is 13.2. The number of likely N-dealkylation sites (N-methyl/N-ethyl adjacent to an activating group) is 1. The lowest BCUT2D eigenvalue weighted by Gasteiger charge is -2.18. The Balaban J connectivity index is 2.14. The van der Waals surface area contributed by atoms with Gasteiger partial charge in [0, 0.05) is 13.6 Å². The number of carbonyl (C=O) groups is 1. The summed E-state index contributed by atoms with van der Waals surface area (Å²) in [5, 5.41) is 1.78. The summed E-state index contributed by atoms with van der Waals surface area (Å²) in [5.41, 5.74) is 2.28. The Morgan fingerprint density at radius 3 is 2.57 bits per heavy atom. The van der Waals surface area contributed by atoms with Crippen LogP contribution in [0, 0.1) is 13.8 Å². The van der Waals surface area contributed by atoms with E-state index >= 15 is 0 Å². The third-order valence-corrected chi connectivity index (χ3v) is 5.96. The zero-order valence-electron chi connectivity index (χ0n) is 16.7. The van der Waals surface area contributed by atoms with E-state index in [2.05, 4.69) is 6.92 Å². The number of carbonyl (C=O) groups excluding carboxylic acids is 1. The largest absolute Gasteiger partial charge is 0.344 e. The number of nitrogens with zero attached hydrogens (tertiary/aromatic N) is 3. The van der Waals surface area contributed by atoms with Crippen molar-refractivity contribution in [3.05, 3.63) is 61.6 Å². The molecule has 6 nitrogen and oxygen atoms in total. The molecule has 0 N–H and O–H groups in total. The summed E-state index contributed by atoms with van der Waals surface area (Å²) < 4.78 is 3.06. The molecular formula is C21H25N3O3S. The van der Waals surface area contributed by atoms with Crippen LogP contribution >= 0.6 is 11.3 Å². The number of aryl methyl sites for hydroxylation is 2. The second-order valence-corrected chi connectivity index (χ2v) is 8.00. The SMILES string of the molecule is CCCCN(C)C(=O)Cn1c(=O)n(-c2ccc(C)c(C)c2)c(=O)c2sccc21. The highest BCUT2D eigenvalue weighted by molar-refractivity contribution is 7.17. The summed E-state index contributed by atoms with van der Waals surface area (Å²) in [6.07, 6.45) is 1.90. The molecule has 0 spiro atoms. The molecule has 2 heterocycles. The summed E-state index contributed by atoms with van der Waals surface area (Å²) in [4.78, 5) is 40.5. The van der Waals surface area contributed by atoms with Gasteiger partial charge in [-0.05, 0) is 55.0 Å². The van der Waals surface area contributed by atoms with E-state index in [1.165, 1.54) is 20.5 Å². The van der Waals surface area contributed by atoms with Crippen molar-refractivity contribution in [3.63, 3.8) is 0 Å². The normalized spacial score (nSPS) is 11.1. The highest BCUT2D eigenvalue weighted by Crippen LogP contribution is 2.18. The molecule has 0 aliphatic rings. The highest BCUT2D eigenvalue weighted by Gasteiger charge is 2.19. The molecule has 0 saturated carbocycles. The Bertz CT molecular complexity index is 1140. The van der Waals surface area contributed by atoms with Gasteiger partial charge in [0.25, 0.3) is 5.56 Å². The maximum absolute atomic E-state index is 13.2. The van der Waals surface area contributed by atoms with E-state index in [0.29, 0.717) is 22.4 Å². The van der Waals surface area contributed by atoms with Gasteiger partial charge in [0.1, 0.15) is 11.2 Å². The number of benzene rings is 1. The van der Waals surface area contributed by atoms with Gasteiger partial charge < -0.3 is 4.90 Å². The lowest BCUT2D eigenvalue weighted by atomic mass is 10.1. The van der Waals surface area contributed by atoms with Gasteiger partial charge in [-0.25, -0.2) is 9.36 Å². The number of hydrogen-bond donors (Lipinski definition) is 0. The Morgan fingerprint density at radius 1 is 1.14 bits per heavy atom. The molecule has 0 saturated heterocycles. The first-order valence-electron chi connectivity index (χ1n) is 9.39. The van der Waals surface area contributed by atoms with E-state index in [0.717, 1.165) is 24.0 Å². The smallest absolute Gasteiger partial charge is 0.336 e. The van der Waals surface area contributed by atoms with Crippen LogP contribution in [0.1, 0.15) is 30.9 Å². The van der Waals surface area contributed by atoms with E-state index in [-0.39, 0.29) is 18.0 Å². The fourth-order valence-corrected chi connectivity index (χ4v) is 3.93. The molecule has 148 valence electrons. The van der Waals surface area contributed by atoms with Crippen LogP contribution in [0.2, 0.25) is 0 Å². The van der Waals surface area contributed by atoms with Gasteiger partial charge in [-0.2, -0.15) is 0 Å². The number of unbranched alkanes of at least 4 members (excludes halogenated alkanes) is 1. The van der Waals surface area contributed by atoms with Crippen molar-refractivity contribution >= 4 is 27.5 Å². The first-order valence-corrected chi connectivity index (χ1v) is 10.3. The van der Waals surface area contributed by atoms with E-state index in [4.69, 9.17) is 0 Å². The van der Waals surface area contributed by atoms with Gasteiger partial charge in [-0.1, -0.05) is 19.4 Å². The average Bonchev–Trinajstić information content (AvgIpc) is 3.16. The van der Waals surface area contributed by atoms with Gasteiger partial charge in [-0.3, -0.25) is 14.2 Å². The summed E-state index contributed by atoms with van der Waals surface area (Å²) in [6.45, 7) is 6.55. The lowest BCUT2D eigenvalue weighted by molar-refractivity contribution is -0.130. The number of thiophene rings is 1. The molecule has 0 bridgehead atoms. The van der Waals surface area contributed by atoms with Crippen LogP contribution in [-0.4, -0.2) is 33.5 Å². The summed E-state index contributed by atoms with van der Waals surface area (Å²) in [5.74, 6) is -0.145. The Morgan fingerprint density at radius 2 is 1.89 bits per heavy atom. The van der Waals surface area contributed by atoms with Crippen LogP contribution < -0.4 is 11.2 Å². The van der Waals surface area contributed by atoms with Crippen molar-refractivity contribution in [2.75, 3.05) is 13.6 Å². The molecule has 7 heteroatoms. The van der Waals surface area contributed by atoms with Crippen LogP contribution in [0.25, 0.3) is 15.9 Å². The summed E-state index contributed by atoms with van der Waals surface area (Å²) in [7, 11) is 1.74. The molecule has 0 fully saturated rings. The lowest BCUT2D eigenvalue weighted by Crippen LogP contribution is -2.42. The van der Waals surface area contributed by atoms with Crippen LogP contribution in [-0.2, 0) is 11.3 Å². The summed E-state index contributed by atoms with van der Waals surface area (Å²) >= 11 is 1.28. The predicted molar refractivity (Wildman–Crippen MR) is 114 cm³/mol. The fourth-order valence-electron chi connectivity index (χ4n) is 3.11. The van der Waals surface area contributed by atoms with Crippen molar-refractivity contribution in [2.24, 2.45) is 0 Å². The van der Waals surface area contributed by atoms with E-state index in [1.807, 2.05) is 26.0 Å². The van der Waals surface area contributed by atoms with Crippen LogP contribution in [0.3, 0.4) is 0 Å². The van der Waals surface area contributed by atoms with Gasteiger partial charge in [0.15, 0.2) is 0 Å². The van der Waals surface area contributed by atoms with Crippen molar-refractivity contribution in [3.8, 4) is 5.69 Å². The minimum absolute atomic E-state index is 0.0859. The molecule has 1 amide bonds. The summed E-state index contributed by atoms with van der Waals surface area (Å²) in [6, 6.07) is 7.22. The van der Waals surface area contributed by atoms with Crippen molar-refractivity contribution in [2.45, 2.75) is 40.2 Å². The van der Waals surface area contributed by atoms with Crippen molar-refractivity contribution < 1.29 is 4.79 Å². The van der Waals surface area contributed by atoms with E-state index in [9.17, 15) is 14.4 Å². The Labute approximate surface area is 167 Å². The molecule has 0 radical (unpaired) electrons. The second-order valence-electron chi connectivity index (χ2n) is 7.08. The maximum Gasteiger partial charge on any atom is 0.336 e.